The molecule has 0 aliphatic heterocycles. The maximum absolute atomic E-state index is 12.8. The number of halogens is 8. The van der Waals surface area contributed by atoms with Gasteiger partial charge < -0.3 is 9.47 Å². The molecule has 19 heavy (non-hydrogen) atoms. The molecule has 112 valence electrons. The second kappa shape index (κ2) is 5.87. The van der Waals surface area contributed by atoms with Crippen molar-refractivity contribution in [3.05, 3.63) is 24.8 Å². The fourth-order valence-electron chi connectivity index (χ4n) is 0.618. The van der Waals surface area contributed by atoms with Gasteiger partial charge in [0.05, 0.1) is 0 Å². The molecule has 0 fully saturated rings. The Hall–Kier alpha value is -1.16. The highest BCUT2D eigenvalue weighted by Gasteiger charge is 2.59. The van der Waals surface area contributed by atoms with Crippen molar-refractivity contribution in [3.8, 4) is 0 Å². The lowest BCUT2D eigenvalue weighted by molar-refractivity contribution is -0.369. The predicted octanol–water partition coefficient (Wildman–Crippen LogP) is 3.81. The van der Waals surface area contributed by atoms with E-state index < -0.39 is 43.0 Å². The van der Waals surface area contributed by atoms with Crippen LogP contribution in [0.25, 0.3) is 0 Å². The zero-order chi connectivity index (χ0) is 15.5. The molecule has 0 rings (SSSR count). The Morgan fingerprint density at radius 3 is 1.74 bits per heavy atom. The molecule has 0 amide bonds. The topological polar surface area (TPSA) is 18.5 Å². The van der Waals surface area contributed by atoms with Crippen LogP contribution < -0.4 is 0 Å². The van der Waals surface area contributed by atoms with Gasteiger partial charge in [-0.05, 0) is 0 Å². The van der Waals surface area contributed by atoms with Crippen molar-refractivity contribution in [1.82, 2.24) is 0 Å². The van der Waals surface area contributed by atoms with E-state index >= 15 is 0 Å². The third-order valence-electron chi connectivity index (χ3n) is 1.59. The van der Waals surface area contributed by atoms with Gasteiger partial charge in [-0.25, -0.2) is 8.78 Å². The van der Waals surface area contributed by atoms with E-state index in [1.54, 1.807) is 0 Å². The number of hydrogen-bond donors (Lipinski definition) is 0. The molecule has 0 N–H and O–H groups in total. The smallest absolute Gasteiger partial charge is 0.308 e. The van der Waals surface area contributed by atoms with Crippen molar-refractivity contribution in [2.24, 2.45) is 0 Å². The minimum atomic E-state index is -5.31. The van der Waals surface area contributed by atoms with Gasteiger partial charge in [0, 0.05) is 0 Å². The SMILES string of the molecule is C=C(F)COC(F)(F)C(F)(F)COC(F)(F)C(=C)F. The van der Waals surface area contributed by atoms with Crippen molar-refractivity contribution < 1.29 is 44.6 Å². The number of hydrogen-bond acceptors (Lipinski definition) is 2. The second-order valence-corrected chi connectivity index (χ2v) is 3.24. The van der Waals surface area contributed by atoms with Crippen LogP contribution in [0.5, 0.6) is 0 Å². The number of ether oxygens (including phenoxy) is 2. The molecule has 0 saturated carbocycles. The number of rotatable bonds is 8. The lowest BCUT2D eigenvalue weighted by Crippen LogP contribution is -2.48. The molecule has 0 radical (unpaired) electrons. The van der Waals surface area contributed by atoms with Crippen LogP contribution >= 0.6 is 0 Å². The molecule has 0 aliphatic carbocycles. The zero-order valence-corrected chi connectivity index (χ0v) is 9.17. The molecule has 0 spiro atoms. The van der Waals surface area contributed by atoms with E-state index in [0.29, 0.717) is 0 Å². The van der Waals surface area contributed by atoms with Gasteiger partial charge in [0.15, 0.2) is 5.83 Å². The summed E-state index contributed by atoms with van der Waals surface area (Å²) in [4.78, 5) is 0. The molecule has 2 nitrogen and oxygen atoms in total. The molecule has 0 unspecified atom stereocenters. The third kappa shape index (κ3) is 5.15. The molecule has 0 bridgehead atoms. The molecule has 0 aliphatic rings. The molecule has 0 saturated heterocycles. The molecule has 0 aromatic rings. The first kappa shape index (κ1) is 17.8. The van der Waals surface area contributed by atoms with Gasteiger partial charge >= 0.3 is 18.1 Å². The quantitative estimate of drug-likeness (QED) is 0.635. The van der Waals surface area contributed by atoms with Crippen molar-refractivity contribution in [2.45, 2.75) is 18.1 Å². The van der Waals surface area contributed by atoms with Gasteiger partial charge in [-0.2, -0.15) is 26.3 Å². The Morgan fingerprint density at radius 1 is 0.895 bits per heavy atom. The highest BCUT2D eigenvalue weighted by Crippen LogP contribution is 2.38. The summed E-state index contributed by atoms with van der Waals surface area (Å²) in [5.41, 5.74) is 0. The van der Waals surface area contributed by atoms with Crippen LogP contribution in [0, 0.1) is 0 Å². The van der Waals surface area contributed by atoms with Crippen LogP contribution in [0.2, 0.25) is 0 Å². The van der Waals surface area contributed by atoms with Crippen molar-refractivity contribution in [3.63, 3.8) is 0 Å². The average Bonchev–Trinajstić information content (AvgIpc) is 2.23. The van der Waals surface area contributed by atoms with Gasteiger partial charge in [0.2, 0.25) is 0 Å². The first-order chi connectivity index (χ1) is 8.32. The fraction of sp³-hybridized carbons (Fsp3) is 0.556. The Labute approximate surface area is 102 Å². The molecular formula is C9H8F8O2. The summed E-state index contributed by atoms with van der Waals surface area (Å²) in [6.45, 7) is 0.400. The van der Waals surface area contributed by atoms with E-state index in [0.717, 1.165) is 0 Å². The Morgan fingerprint density at radius 2 is 1.37 bits per heavy atom. The Bertz CT molecular complexity index is 352. The van der Waals surface area contributed by atoms with E-state index in [9.17, 15) is 35.1 Å². The summed E-state index contributed by atoms with van der Waals surface area (Å²) in [7, 11) is 0. The second-order valence-electron chi connectivity index (χ2n) is 3.24. The van der Waals surface area contributed by atoms with Crippen molar-refractivity contribution >= 4 is 0 Å². The molecule has 0 atom stereocenters. The fourth-order valence-corrected chi connectivity index (χ4v) is 0.618. The standard InChI is InChI=1S/C9H8F8O2/c1-5(10)3-18-9(16,17)7(12,13)4-19-8(14,15)6(2)11/h1-4H2. The van der Waals surface area contributed by atoms with Crippen LogP contribution in [-0.4, -0.2) is 31.4 Å². The molecular weight excluding hydrogens is 292 g/mol. The van der Waals surface area contributed by atoms with E-state index in [1.807, 2.05) is 0 Å². The molecule has 10 heteroatoms. The van der Waals surface area contributed by atoms with Crippen molar-refractivity contribution in [1.29, 1.82) is 0 Å². The minimum absolute atomic E-state index is 1.49. The summed E-state index contributed by atoms with van der Waals surface area (Å²) >= 11 is 0. The maximum Gasteiger partial charge on any atom is 0.422 e. The summed E-state index contributed by atoms with van der Waals surface area (Å²) in [5.74, 6) is -9.18. The Balaban J connectivity index is 4.68. The molecule has 0 aromatic carbocycles. The normalized spacial score (nSPS) is 13.5. The lowest BCUT2D eigenvalue weighted by atomic mass is 10.3. The van der Waals surface area contributed by atoms with Crippen LogP contribution in [0.3, 0.4) is 0 Å². The van der Waals surface area contributed by atoms with Crippen LogP contribution in [0.4, 0.5) is 35.1 Å². The van der Waals surface area contributed by atoms with E-state index in [1.165, 1.54) is 0 Å². The van der Waals surface area contributed by atoms with Crippen LogP contribution in [-0.2, 0) is 9.47 Å². The summed E-state index contributed by atoms with van der Waals surface area (Å²) in [5, 5.41) is 0. The van der Waals surface area contributed by atoms with Crippen LogP contribution in [0.15, 0.2) is 24.8 Å². The number of alkyl halides is 6. The van der Waals surface area contributed by atoms with Gasteiger partial charge in [0.25, 0.3) is 0 Å². The lowest BCUT2D eigenvalue weighted by Gasteiger charge is -2.27. The maximum atomic E-state index is 12.8. The largest absolute Gasteiger partial charge is 0.422 e. The van der Waals surface area contributed by atoms with Gasteiger partial charge in [-0.1, -0.05) is 13.2 Å². The first-order valence-electron chi connectivity index (χ1n) is 4.41. The summed E-state index contributed by atoms with van der Waals surface area (Å²) in [6.07, 6.45) is -10.2. The average molecular weight is 300 g/mol. The summed E-state index contributed by atoms with van der Waals surface area (Å²) in [6, 6.07) is 0. The Kier molecular flexibility index (Phi) is 5.51. The highest BCUT2D eigenvalue weighted by atomic mass is 19.3. The first-order valence-corrected chi connectivity index (χ1v) is 4.41. The zero-order valence-electron chi connectivity index (χ0n) is 9.17. The van der Waals surface area contributed by atoms with E-state index in [2.05, 4.69) is 22.6 Å². The van der Waals surface area contributed by atoms with Crippen LogP contribution in [0.1, 0.15) is 0 Å². The van der Waals surface area contributed by atoms with Gasteiger partial charge in [-0.15, -0.1) is 0 Å². The van der Waals surface area contributed by atoms with Gasteiger partial charge in [0.1, 0.15) is 19.0 Å². The molecule has 0 aromatic heterocycles. The highest BCUT2D eigenvalue weighted by molar-refractivity contribution is 4.91. The molecule has 0 heterocycles. The van der Waals surface area contributed by atoms with E-state index in [4.69, 9.17) is 0 Å². The van der Waals surface area contributed by atoms with Gasteiger partial charge in [-0.3, -0.25) is 0 Å². The predicted molar refractivity (Wildman–Crippen MR) is 47.2 cm³/mol. The monoisotopic (exact) mass is 300 g/mol. The summed E-state index contributed by atoms with van der Waals surface area (Å²) < 4.78 is 106. The third-order valence-corrected chi connectivity index (χ3v) is 1.59. The van der Waals surface area contributed by atoms with Crippen molar-refractivity contribution in [2.75, 3.05) is 13.2 Å². The van der Waals surface area contributed by atoms with E-state index in [-0.39, 0.29) is 0 Å². The minimum Gasteiger partial charge on any atom is -0.308 e.